The molecule has 0 atom stereocenters. The minimum absolute atomic E-state index is 0.274. The van der Waals surface area contributed by atoms with Gasteiger partial charge in [-0.1, -0.05) is 73.3 Å². The third-order valence-corrected chi connectivity index (χ3v) is 7.15. The summed E-state index contributed by atoms with van der Waals surface area (Å²) in [5.41, 5.74) is 5.86. The highest BCUT2D eigenvalue weighted by atomic mass is 35.5. The van der Waals surface area contributed by atoms with E-state index in [1.807, 2.05) is 31.2 Å². The second-order valence-electron chi connectivity index (χ2n) is 7.34. The summed E-state index contributed by atoms with van der Waals surface area (Å²) in [5, 5.41) is 5.68. The van der Waals surface area contributed by atoms with Crippen LogP contribution in [0, 0.1) is 0 Å². The third kappa shape index (κ3) is 3.98. The zero-order valence-corrected chi connectivity index (χ0v) is 17.4. The lowest BCUT2D eigenvalue weighted by molar-refractivity contribution is 0.0959. The van der Waals surface area contributed by atoms with Crippen molar-refractivity contribution in [3.8, 4) is 0 Å². The molecule has 0 spiro atoms. The van der Waals surface area contributed by atoms with Crippen LogP contribution < -0.4 is 5.43 Å². The second kappa shape index (κ2) is 8.46. The first-order valence-electron chi connectivity index (χ1n) is 9.75. The normalized spacial score (nSPS) is 15.7. The first-order valence-corrected chi connectivity index (χ1v) is 10.9. The lowest BCUT2D eigenvalue weighted by Crippen LogP contribution is -2.18. The predicted molar refractivity (Wildman–Crippen MR) is 119 cm³/mol. The van der Waals surface area contributed by atoms with Crippen LogP contribution in [0.25, 0.3) is 10.1 Å². The molecular formula is C23H23ClN2OS. The van der Waals surface area contributed by atoms with Gasteiger partial charge in [0.05, 0.1) is 10.7 Å². The van der Waals surface area contributed by atoms with Gasteiger partial charge in [0.1, 0.15) is 4.88 Å². The van der Waals surface area contributed by atoms with Gasteiger partial charge < -0.3 is 0 Å². The molecule has 0 unspecified atom stereocenters. The van der Waals surface area contributed by atoms with Gasteiger partial charge in [-0.15, -0.1) is 11.3 Å². The van der Waals surface area contributed by atoms with Crippen LogP contribution in [-0.2, 0) is 0 Å². The monoisotopic (exact) mass is 410 g/mol. The van der Waals surface area contributed by atoms with Gasteiger partial charge in [-0.25, -0.2) is 5.43 Å². The van der Waals surface area contributed by atoms with Crippen LogP contribution in [-0.4, -0.2) is 11.6 Å². The number of fused-ring (bicyclic) bond motifs is 1. The quantitative estimate of drug-likeness (QED) is 0.374. The molecule has 5 heteroatoms. The fourth-order valence-corrected chi connectivity index (χ4v) is 5.25. The maximum absolute atomic E-state index is 12.5. The van der Waals surface area contributed by atoms with Gasteiger partial charge in [-0.3, -0.25) is 4.79 Å². The van der Waals surface area contributed by atoms with Crippen LogP contribution in [0.3, 0.4) is 0 Å². The smallest absolute Gasteiger partial charge is 0.266 e. The van der Waals surface area contributed by atoms with Gasteiger partial charge in [-0.2, -0.15) is 5.10 Å². The highest BCUT2D eigenvalue weighted by molar-refractivity contribution is 7.21. The van der Waals surface area contributed by atoms with Crippen molar-refractivity contribution in [3.05, 3.63) is 69.6 Å². The van der Waals surface area contributed by atoms with Crippen LogP contribution in [0.15, 0.2) is 53.6 Å². The average Bonchev–Trinajstić information content (AvgIpc) is 3.09. The molecule has 1 aliphatic carbocycles. The molecule has 1 amide bonds. The summed E-state index contributed by atoms with van der Waals surface area (Å²) in [6.45, 7) is 1.91. The van der Waals surface area contributed by atoms with Gasteiger partial charge in [0.25, 0.3) is 5.91 Å². The van der Waals surface area contributed by atoms with E-state index in [0.29, 0.717) is 15.8 Å². The Hall–Kier alpha value is -2.17. The maximum Gasteiger partial charge on any atom is 0.283 e. The summed E-state index contributed by atoms with van der Waals surface area (Å²) < 4.78 is 0.997. The predicted octanol–water partition coefficient (Wildman–Crippen LogP) is 6.76. The Balaban J connectivity index is 1.46. The van der Waals surface area contributed by atoms with E-state index in [0.717, 1.165) is 21.4 Å². The molecule has 1 saturated carbocycles. The standard InChI is InChI=1S/C23H23ClN2OS/c1-15(16-11-13-18(14-12-16)17-7-3-2-4-8-17)25-26-23(27)22-21(24)19-9-5-6-10-20(19)28-22/h5-6,9-14,17H,2-4,7-8H2,1H3,(H,26,27). The van der Waals surface area contributed by atoms with Crippen molar-refractivity contribution in [2.24, 2.45) is 5.10 Å². The van der Waals surface area contributed by atoms with Crippen molar-refractivity contribution in [2.45, 2.75) is 44.9 Å². The van der Waals surface area contributed by atoms with E-state index in [1.165, 1.54) is 49.0 Å². The minimum atomic E-state index is -0.274. The highest BCUT2D eigenvalue weighted by Crippen LogP contribution is 2.35. The summed E-state index contributed by atoms with van der Waals surface area (Å²) in [6, 6.07) is 16.4. The molecule has 28 heavy (non-hydrogen) atoms. The van der Waals surface area contributed by atoms with Gasteiger partial charge in [0.2, 0.25) is 0 Å². The second-order valence-corrected chi connectivity index (χ2v) is 8.77. The Bertz CT molecular complexity index is 1020. The number of nitrogens with one attached hydrogen (secondary N) is 1. The van der Waals surface area contributed by atoms with Crippen LogP contribution in [0.2, 0.25) is 5.02 Å². The zero-order valence-electron chi connectivity index (χ0n) is 15.9. The van der Waals surface area contributed by atoms with E-state index >= 15 is 0 Å². The maximum atomic E-state index is 12.5. The highest BCUT2D eigenvalue weighted by Gasteiger charge is 2.17. The van der Waals surface area contributed by atoms with E-state index in [2.05, 4.69) is 34.8 Å². The van der Waals surface area contributed by atoms with Crippen LogP contribution in [0.5, 0.6) is 0 Å². The van der Waals surface area contributed by atoms with Gasteiger partial charge in [0, 0.05) is 10.1 Å². The number of amides is 1. The summed E-state index contributed by atoms with van der Waals surface area (Å²) in [7, 11) is 0. The molecule has 0 aliphatic heterocycles. The number of hydrogen-bond donors (Lipinski definition) is 1. The number of hydrogen-bond acceptors (Lipinski definition) is 3. The van der Waals surface area contributed by atoms with Gasteiger partial charge in [0.15, 0.2) is 0 Å². The first-order chi connectivity index (χ1) is 13.6. The summed E-state index contributed by atoms with van der Waals surface area (Å²) in [4.78, 5) is 13.0. The molecule has 1 heterocycles. The number of carbonyl (C=O) groups excluding carboxylic acids is 1. The molecule has 1 fully saturated rings. The number of carbonyl (C=O) groups is 1. The number of rotatable bonds is 4. The first kappa shape index (κ1) is 19.2. The number of hydrazone groups is 1. The number of benzene rings is 2. The molecule has 0 saturated heterocycles. The van der Waals surface area contributed by atoms with E-state index < -0.39 is 0 Å². The Morgan fingerprint density at radius 3 is 2.50 bits per heavy atom. The van der Waals surface area contributed by atoms with E-state index in [4.69, 9.17) is 11.6 Å². The molecule has 0 bridgehead atoms. The fourth-order valence-electron chi connectivity index (χ4n) is 3.84. The summed E-state index contributed by atoms with van der Waals surface area (Å²) in [6.07, 6.45) is 6.61. The molecule has 0 radical (unpaired) electrons. The van der Waals surface area contributed by atoms with Gasteiger partial charge >= 0.3 is 0 Å². The van der Waals surface area contributed by atoms with E-state index in [-0.39, 0.29) is 5.91 Å². The lowest BCUT2D eigenvalue weighted by atomic mass is 9.84. The van der Waals surface area contributed by atoms with Crippen molar-refractivity contribution in [3.63, 3.8) is 0 Å². The van der Waals surface area contributed by atoms with Crippen molar-refractivity contribution in [2.75, 3.05) is 0 Å². The molecule has 2 aromatic carbocycles. The zero-order chi connectivity index (χ0) is 19.5. The molecule has 4 rings (SSSR count). The summed E-state index contributed by atoms with van der Waals surface area (Å²) in [5.74, 6) is 0.416. The van der Waals surface area contributed by atoms with Crippen molar-refractivity contribution in [1.82, 2.24) is 5.43 Å². The molecule has 1 N–H and O–H groups in total. The fraction of sp³-hybridized carbons (Fsp3) is 0.304. The molecule has 144 valence electrons. The van der Waals surface area contributed by atoms with Crippen molar-refractivity contribution >= 4 is 44.6 Å². The summed E-state index contributed by atoms with van der Waals surface area (Å²) >= 11 is 7.76. The largest absolute Gasteiger partial charge is 0.283 e. The van der Waals surface area contributed by atoms with Crippen LogP contribution in [0.4, 0.5) is 0 Å². The topological polar surface area (TPSA) is 41.5 Å². The van der Waals surface area contributed by atoms with E-state index in [1.54, 1.807) is 0 Å². The lowest BCUT2D eigenvalue weighted by Gasteiger charge is -2.22. The van der Waals surface area contributed by atoms with Gasteiger partial charge in [-0.05, 0) is 42.9 Å². The molecule has 1 aliphatic rings. The minimum Gasteiger partial charge on any atom is -0.266 e. The number of thiophene rings is 1. The Labute approximate surface area is 174 Å². The third-order valence-electron chi connectivity index (χ3n) is 5.47. The molecule has 1 aromatic heterocycles. The van der Waals surface area contributed by atoms with E-state index in [9.17, 15) is 4.79 Å². The Morgan fingerprint density at radius 2 is 1.79 bits per heavy atom. The van der Waals surface area contributed by atoms with Crippen LogP contribution >= 0.6 is 22.9 Å². The Morgan fingerprint density at radius 1 is 1.07 bits per heavy atom. The molecule has 3 nitrogen and oxygen atoms in total. The Kier molecular flexibility index (Phi) is 5.79. The van der Waals surface area contributed by atoms with Crippen molar-refractivity contribution in [1.29, 1.82) is 0 Å². The molecular weight excluding hydrogens is 388 g/mol. The van der Waals surface area contributed by atoms with Crippen LogP contribution in [0.1, 0.15) is 65.7 Å². The number of nitrogens with zero attached hydrogens (tertiary/aromatic N) is 1. The molecule has 3 aromatic rings. The van der Waals surface area contributed by atoms with Crippen molar-refractivity contribution < 1.29 is 4.79 Å². The average molecular weight is 411 g/mol. The SMILES string of the molecule is CC(=NNC(=O)c1sc2ccccc2c1Cl)c1ccc(C2CCCCC2)cc1. The number of halogens is 1.